The molecular weight excluding hydrogens is 380 g/mol. The average Bonchev–Trinajstić information content (AvgIpc) is 2.99. The summed E-state index contributed by atoms with van der Waals surface area (Å²) in [4.78, 5) is 7.43. The second-order valence-electron chi connectivity index (χ2n) is 6.46. The van der Waals surface area contributed by atoms with Crippen molar-refractivity contribution in [3.8, 4) is 0 Å². The van der Waals surface area contributed by atoms with Crippen molar-refractivity contribution in [2.75, 3.05) is 13.1 Å². The molecule has 1 heterocycles. The Labute approximate surface area is 166 Å². The number of hydrogen-bond acceptors (Lipinski definition) is 4. The maximum Gasteiger partial charge on any atom is 0.238 e. The maximum absolute atomic E-state index is 11.3. The predicted molar refractivity (Wildman–Crippen MR) is 113 cm³/mol. The van der Waals surface area contributed by atoms with Crippen molar-refractivity contribution >= 4 is 27.3 Å². The van der Waals surface area contributed by atoms with Crippen LogP contribution >= 0.6 is 11.3 Å². The lowest BCUT2D eigenvalue weighted by molar-refractivity contribution is 0.598. The highest BCUT2D eigenvalue weighted by Crippen LogP contribution is 2.16. The first-order chi connectivity index (χ1) is 12.8. The van der Waals surface area contributed by atoms with Crippen LogP contribution in [-0.2, 0) is 22.9 Å². The van der Waals surface area contributed by atoms with E-state index in [4.69, 9.17) is 5.14 Å². The number of nitrogens with one attached hydrogen (secondary N) is 2. The first-order valence-corrected chi connectivity index (χ1v) is 11.4. The summed E-state index contributed by atoms with van der Waals surface area (Å²) in [5.41, 5.74) is 1.02. The van der Waals surface area contributed by atoms with E-state index in [0.717, 1.165) is 30.9 Å². The molecule has 2 aromatic rings. The Hall–Kier alpha value is -1.90. The van der Waals surface area contributed by atoms with Crippen molar-refractivity contribution in [3.05, 3.63) is 51.7 Å². The normalized spacial score (nSPS) is 13.4. The lowest BCUT2D eigenvalue weighted by Crippen LogP contribution is -2.43. The number of primary sulfonamides is 1. The molecular formula is C19H28N4O2S2. The van der Waals surface area contributed by atoms with Gasteiger partial charge in [-0.15, -0.1) is 11.3 Å². The van der Waals surface area contributed by atoms with E-state index >= 15 is 0 Å². The fourth-order valence-corrected chi connectivity index (χ4v) is 4.18. The van der Waals surface area contributed by atoms with Crippen molar-refractivity contribution < 1.29 is 8.42 Å². The summed E-state index contributed by atoms with van der Waals surface area (Å²) >= 11 is 1.82. The van der Waals surface area contributed by atoms with Gasteiger partial charge in [-0.3, -0.25) is 4.99 Å². The molecule has 148 valence electrons. The van der Waals surface area contributed by atoms with Crippen molar-refractivity contribution in [1.82, 2.24) is 10.6 Å². The quantitative estimate of drug-likeness (QED) is 0.462. The largest absolute Gasteiger partial charge is 0.357 e. The summed E-state index contributed by atoms with van der Waals surface area (Å²) in [5, 5.41) is 11.8. The lowest BCUT2D eigenvalue weighted by atomic mass is 10.1. The van der Waals surface area contributed by atoms with Gasteiger partial charge < -0.3 is 10.6 Å². The van der Waals surface area contributed by atoms with Gasteiger partial charge in [0.25, 0.3) is 0 Å². The third-order valence-electron chi connectivity index (χ3n) is 3.95. The van der Waals surface area contributed by atoms with Crippen LogP contribution in [-0.4, -0.2) is 33.5 Å². The summed E-state index contributed by atoms with van der Waals surface area (Å²) < 4.78 is 22.6. The van der Waals surface area contributed by atoms with Gasteiger partial charge in [-0.2, -0.15) is 0 Å². The zero-order chi connectivity index (χ0) is 19.9. The summed E-state index contributed by atoms with van der Waals surface area (Å²) in [7, 11) is -3.65. The van der Waals surface area contributed by atoms with E-state index in [-0.39, 0.29) is 10.9 Å². The number of thiophene rings is 1. The number of rotatable bonds is 8. The smallest absolute Gasteiger partial charge is 0.238 e. The van der Waals surface area contributed by atoms with Gasteiger partial charge in [0.2, 0.25) is 10.0 Å². The molecule has 1 atom stereocenters. The lowest BCUT2D eigenvalue weighted by Gasteiger charge is -2.17. The van der Waals surface area contributed by atoms with Crippen LogP contribution in [0.4, 0.5) is 0 Å². The van der Waals surface area contributed by atoms with Crippen molar-refractivity contribution in [2.45, 2.75) is 44.6 Å². The number of aryl methyl sites for hydroxylation is 1. The highest BCUT2D eigenvalue weighted by molar-refractivity contribution is 7.89. The zero-order valence-corrected chi connectivity index (χ0v) is 17.7. The molecule has 1 unspecified atom stereocenters. The molecule has 0 saturated carbocycles. The molecule has 27 heavy (non-hydrogen) atoms. The maximum atomic E-state index is 11.3. The van der Waals surface area contributed by atoms with Gasteiger partial charge >= 0.3 is 0 Å². The van der Waals surface area contributed by atoms with Crippen molar-refractivity contribution in [1.29, 1.82) is 0 Å². The summed E-state index contributed by atoms with van der Waals surface area (Å²) in [5.74, 6) is 0.791. The highest BCUT2D eigenvalue weighted by atomic mass is 32.2. The molecule has 6 nitrogen and oxygen atoms in total. The number of aliphatic imine (C=N–C) groups is 1. The van der Waals surface area contributed by atoms with Crippen molar-refractivity contribution in [2.24, 2.45) is 10.1 Å². The van der Waals surface area contributed by atoms with Gasteiger partial charge in [0.15, 0.2) is 5.96 Å². The highest BCUT2D eigenvalue weighted by Gasteiger charge is 2.08. The van der Waals surface area contributed by atoms with Crippen molar-refractivity contribution in [3.63, 3.8) is 0 Å². The average molecular weight is 409 g/mol. The molecule has 0 fully saturated rings. The Morgan fingerprint density at radius 2 is 1.93 bits per heavy atom. The van der Waals surface area contributed by atoms with Gasteiger partial charge in [-0.05, 0) is 57.0 Å². The molecule has 0 aliphatic carbocycles. The number of sulfonamides is 1. The second kappa shape index (κ2) is 9.87. The van der Waals surface area contributed by atoms with E-state index in [1.54, 1.807) is 12.1 Å². The first kappa shape index (κ1) is 21.4. The van der Waals surface area contributed by atoms with Crippen LogP contribution in [0.15, 0.2) is 46.3 Å². The minimum absolute atomic E-state index is 0.127. The van der Waals surface area contributed by atoms with E-state index in [0.29, 0.717) is 6.54 Å². The minimum atomic E-state index is -3.65. The standard InChI is InChI=1S/C19H28N4O2S2/c1-4-21-19(23-14(2)13-17-8-5-15(3)26-17)22-12-11-16-6-9-18(10-7-16)27(20,24)25/h5-10,14H,4,11-13H2,1-3H3,(H2,20,24,25)(H2,21,22,23). The van der Waals surface area contributed by atoms with Crippen LogP contribution in [0, 0.1) is 6.92 Å². The molecule has 4 N–H and O–H groups in total. The van der Waals surface area contributed by atoms with Gasteiger partial charge in [0, 0.05) is 35.3 Å². The van der Waals surface area contributed by atoms with Gasteiger partial charge in [0.1, 0.15) is 0 Å². The van der Waals surface area contributed by atoms with Crippen LogP contribution in [0.25, 0.3) is 0 Å². The molecule has 0 aliphatic rings. The molecule has 1 aromatic heterocycles. The monoisotopic (exact) mass is 408 g/mol. The fourth-order valence-electron chi connectivity index (χ4n) is 2.64. The fraction of sp³-hybridized carbons (Fsp3) is 0.421. The molecule has 0 saturated heterocycles. The minimum Gasteiger partial charge on any atom is -0.357 e. The van der Waals surface area contributed by atoms with Crippen LogP contribution in [0.1, 0.15) is 29.2 Å². The van der Waals surface area contributed by atoms with E-state index in [1.807, 2.05) is 18.3 Å². The molecule has 1 aromatic carbocycles. The van der Waals surface area contributed by atoms with Crippen LogP contribution < -0.4 is 15.8 Å². The number of benzene rings is 1. The van der Waals surface area contributed by atoms with E-state index in [9.17, 15) is 8.42 Å². The molecule has 0 aliphatic heterocycles. The zero-order valence-electron chi connectivity index (χ0n) is 16.0. The number of guanidine groups is 1. The van der Waals surface area contributed by atoms with E-state index in [1.165, 1.54) is 21.9 Å². The summed E-state index contributed by atoms with van der Waals surface area (Å²) in [6, 6.07) is 11.2. The Balaban J connectivity index is 1.90. The Bertz CT molecular complexity index is 858. The van der Waals surface area contributed by atoms with E-state index < -0.39 is 10.0 Å². The van der Waals surface area contributed by atoms with Gasteiger partial charge in [0.05, 0.1) is 4.90 Å². The van der Waals surface area contributed by atoms with Crippen LogP contribution in [0.2, 0.25) is 0 Å². The molecule has 0 spiro atoms. The Morgan fingerprint density at radius 1 is 1.22 bits per heavy atom. The topological polar surface area (TPSA) is 96.6 Å². The Kier molecular flexibility index (Phi) is 7.82. The van der Waals surface area contributed by atoms with E-state index in [2.05, 4.69) is 41.6 Å². The molecule has 8 heteroatoms. The molecule has 0 bridgehead atoms. The van der Waals surface area contributed by atoms with Crippen LogP contribution in [0.3, 0.4) is 0 Å². The number of hydrogen-bond donors (Lipinski definition) is 3. The first-order valence-electron chi connectivity index (χ1n) is 9.00. The van der Waals surface area contributed by atoms with Gasteiger partial charge in [-0.25, -0.2) is 13.6 Å². The SMILES string of the molecule is CCNC(=NCCc1ccc(S(N)(=O)=O)cc1)NC(C)Cc1ccc(C)s1. The number of nitrogens with two attached hydrogens (primary N) is 1. The number of nitrogens with zero attached hydrogens (tertiary/aromatic N) is 1. The Morgan fingerprint density at radius 3 is 2.48 bits per heavy atom. The van der Waals surface area contributed by atoms with Crippen LogP contribution in [0.5, 0.6) is 0 Å². The third-order valence-corrected chi connectivity index (χ3v) is 5.91. The third kappa shape index (κ3) is 7.32. The second-order valence-corrected chi connectivity index (χ2v) is 9.40. The summed E-state index contributed by atoms with van der Waals surface area (Å²) in [6.07, 6.45) is 1.68. The summed E-state index contributed by atoms with van der Waals surface area (Å²) in [6.45, 7) is 7.70. The molecule has 0 amide bonds. The predicted octanol–water partition coefficient (Wildman–Crippen LogP) is 2.43. The molecule has 0 radical (unpaired) electrons. The molecule has 2 rings (SSSR count). The van der Waals surface area contributed by atoms with Gasteiger partial charge in [-0.1, -0.05) is 12.1 Å².